The summed E-state index contributed by atoms with van der Waals surface area (Å²) >= 11 is 0. The Labute approximate surface area is 110 Å². The zero-order chi connectivity index (χ0) is 13.2. The lowest BCUT2D eigenvalue weighted by Gasteiger charge is -2.12. The van der Waals surface area contributed by atoms with Crippen LogP contribution in [-0.2, 0) is 0 Å². The summed E-state index contributed by atoms with van der Waals surface area (Å²) in [4.78, 5) is 15.8. The maximum absolute atomic E-state index is 11.8. The molecule has 0 amide bonds. The van der Waals surface area contributed by atoms with Crippen molar-refractivity contribution >= 4 is 10.8 Å². The Morgan fingerprint density at radius 3 is 2.47 bits per heavy atom. The van der Waals surface area contributed by atoms with Crippen LogP contribution in [0.5, 0.6) is 0 Å². The predicted molar refractivity (Wildman–Crippen MR) is 74.1 cm³/mol. The van der Waals surface area contributed by atoms with E-state index in [4.69, 9.17) is 0 Å². The Balaban J connectivity index is 2.21. The fraction of sp³-hybridized carbons (Fsp3) is 0.133. The number of H-pyrrole nitrogens is 1. The number of hydrogen-bond acceptors (Lipinski definition) is 3. The van der Waals surface area contributed by atoms with Crippen molar-refractivity contribution in [2.45, 2.75) is 12.8 Å². The maximum atomic E-state index is 11.8. The van der Waals surface area contributed by atoms with E-state index in [-0.39, 0.29) is 11.5 Å². The molecule has 19 heavy (non-hydrogen) atoms. The number of benzene rings is 1. The van der Waals surface area contributed by atoms with Crippen LogP contribution in [0.15, 0.2) is 53.6 Å². The molecular weight excluding hydrogens is 238 g/mol. The minimum absolute atomic E-state index is 0.102. The fourth-order valence-corrected chi connectivity index (χ4v) is 2.28. The highest BCUT2D eigenvalue weighted by molar-refractivity contribution is 5.84. The first-order valence-electron chi connectivity index (χ1n) is 6.14. The summed E-state index contributed by atoms with van der Waals surface area (Å²) in [5, 5.41) is 8.37. The highest BCUT2D eigenvalue weighted by Gasteiger charge is 2.14. The molecule has 3 rings (SSSR count). The van der Waals surface area contributed by atoms with Crippen molar-refractivity contribution in [3.8, 4) is 0 Å². The van der Waals surface area contributed by atoms with E-state index in [1.807, 2.05) is 36.4 Å². The van der Waals surface area contributed by atoms with E-state index >= 15 is 0 Å². The number of aromatic amines is 1. The second kappa shape index (κ2) is 4.65. The van der Waals surface area contributed by atoms with Crippen LogP contribution in [0.2, 0.25) is 0 Å². The summed E-state index contributed by atoms with van der Waals surface area (Å²) in [5.41, 5.74) is 1.85. The van der Waals surface area contributed by atoms with E-state index in [9.17, 15) is 4.79 Å². The molecule has 1 N–H and O–H groups in total. The van der Waals surface area contributed by atoms with E-state index in [0.717, 1.165) is 16.6 Å². The molecule has 1 aromatic carbocycles. The van der Waals surface area contributed by atoms with E-state index in [0.29, 0.717) is 5.39 Å². The summed E-state index contributed by atoms with van der Waals surface area (Å²) in [5.74, 6) is 0.102. The van der Waals surface area contributed by atoms with Crippen LogP contribution in [0, 0.1) is 0 Å². The van der Waals surface area contributed by atoms with Crippen molar-refractivity contribution in [2.75, 3.05) is 0 Å². The maximum Gasteiger partial charge on any atom is 0.272 e. The van der Waals surface area contributed by atoms with Crippen LogP contribution < -0.4 is 5.56 Å². The standard InChI is InChI=1S/C15H13N3O/c1-10(11-6-8-16-9-7-11)14-12-4-2-3-5-13(12)15(19)18-17-14/h2-10H,1H3,(H,18,19)/t10-/m0/s1. The number of pyridine rings is 1. The highest BCUT2D eigenvalue weighted by atomic mass is 16.1. The van der Waals surface area contributed by atoms with Crippen molar-refractivity contribution in [1.29, 1.82) is 0 Å². The molecule has 0 aliphatic rings. The second-order valence-electron chi connectivity index (χ2n) is 4.49. The molecule has 0 fully saturated rings. The minimum atomic E-state index is -0.152. The van der Waals surface area contributed by atoms with E-state index in [1.165, 1.54) is 0 Å². The smallest absolute Gasteiger partial charge is 0.267 e. The molecule has 2 heterocycles. The quantitative estimate of drug-likeness (QED) is 0.761. The van der Waals surface area contributed by atoms with Crippen LogP contribution in [0.25, 0.3) is 10.8 Å². The predicted octanol–water partition coefficient (Wildman–Crippen LogP) is 2.47. The molecule has 0 spiro atoms. The van der Waals surface area contributed by atoms with Gasteiger partial charge in [-0.2, -0.15) is 5.10 Å². The molecule has 2 aromatic heterocycles. The lowest BCUT2D eigenvalue weighted by molar-refractivity contribution is 0.827. The number of rotatable bonds is 2. The minimum Gasteiger partial charge on any atom is -0.267 e. The zero-order valence-electron chi connectivity index (χ0n) is 10.5. The molecule has 0 aliphatic heterocycles. The zero-order valence-corrected chi connectivity index (χ0v) is 10.5. The van der Waals surface area contributed by atoms with Gasteiger partial charge in [0.25, 0.3) is 5.56 Å². The molecule has 94 valence electrons. The average molecular weight is 251 g/mol. The highest BCUT2D eigenvalue weighted by Crippen LogP contribution is 2.26. The number of nitrogens with zero attached hydrogens (tertiary/aromatic N) is 2. The van der Waals surface area contributed by atoms with Crippen LogP contribution >= 0.6 is 0 Å². The number of fused-ring (bicyclic) bond motifs is 1. The first-order valence-corrected chi connectivity index (χ1v) is 6.14. The van der Waals surface area contributed by atoms with Crippen molar-refractivity contribution in [2.24, 2.45) is 0 Å². The van der Waals surface area contributed by atoms with E-state index in [2.05, 4.69) is 22.1 Å². The van der Waals surface area contributed by atoms with Crippen LogP contribution in [0.3, 0.4) is 0 Å². The third kappa shape index (κ3) is 2.01. The first kappa shape index (κ1) is 11.6. The second-order valence-corrected chi connectivity index (χ2v) is 4.49. The first-order chi connectivity index (χ1) is 9.27. The monoisotopic (exact) mass is 251 g/mol. The molecule has 0 radical (unpaired) electrons. The third-order valence-electron chi connectivity index (χ3n) is 3.34. The van der Waals surface area contributed by atoms with Crippen LogP contribution in [0.1, 0.15) is 24.1 Å². The number of aromatic nitrogens is 3. The van der Waals surface area contributed by atoms with Crippen LogP contribution in [-0.4, -0.2) is 15.2 Å². The molecule has 1 atom stereocenters. The van der Waals surface area contributed by atoms with Gasteiger partial charge in [0.1, 0.15) is 0 Å². The molecule has 0 bridgehead atoms. The van der Waals surface area contributed by atoms with Gasteiger partial charge >= 0.3 is 0 Å². The Kier molecular flexibility index (Phi) is 2.83. The van der Waals surface area contributed by atoms with Gasteiger partial charge in [0, 0.05) is 23.7 Å². The number of hydrogen-bond donors (Lipinski definition) is 1. The summed E-state index contributed by atoms with van der Waals surface area (Å²) in [6.07, 6.45) is 3.53. The van der Waals surface area contributed by atoms with Gasteiger partial charge in [0.2, 0.25) is 0 Å². The van der Waals surface area contributed by atoms with Gasteiger partial charge in [-0.05, 0) is 23.8 Å². The van der Waals surface area contributed by atoms with E-state index < -0.39 is 0 Å². The van der Waals surface area contributed by atoms with Crippen molar-refractivity contribution in [3.63, 3.8) is 0 Å². The molecule has 0 unspecified atom stereocenters. The third-order valence-corrected chi connectivity index (χ3v) is 3.34. The van der Waals surface area contributed by atoms with Gasteiger partial charge in [0.05, 0.1) is 11.1 Å². The van der Waals surface area contributed by atoms with Crippen molar-refractivity contribution < 1.29 is 0 Å². The van der Waals surface area contributed by atoms with Crippen molar-refractivity contribution in [1.82, 2.24) is 15.2 Å². The topological polar surface area (TPSA) is 58.6 Å². The van der Waals surface area contributed by atoms with E-state index in [1.54, 1.807) is 12.4 Å². The molecule has 3 aromatic rings. The van der Waals surface area contributed by atoms with Gasteiger partial charge in [0.15, 0.2) is 0 Å². The summed E-state index contributed by atoms with van der Waals surface area (Å²) in [6.45, 7) is 2.07. The lowest BCUT2D eigenvalue weighted by Crippen LogP contribution is -2.13. The average Bonchev–Trinajstić information content (AvgIpc) is 2.48. The van der Waals surface area contributed by atoms with Crippen LogP contribution in [0.4, 0.5) is 0 Å². The fourth-order valence-electron chi connectivity index (χ4n) is 2.28. The summed E-state index contributed by atoms with van der Waals surface area (Å²) < 4.78 is 0. The Morgan fingerprint density at radius 2 is 1.74 bits per heavy atom. The van der Waals surface area contributed by atoms with Gasteiger partial charge < -0.3 is 0 Å². The Bertz CT molecular complexity index is 765. The van der Waals surface area contributed by atoms with Gasteiger partial charge in [-0.1, -0.05) is 25.1 Å². The molecular formula is C15H13N3O. The normalized spacial score (nSPS) is 12.5. The SMILES string of the molecule is C[C@@H](c1ccncc1)c1n[nH]c(=O)c2ccccc12. The van der Waals surface area contributed by atoms with Gasteiger partial charge in [-0.3, -0.25) is 9.78 Å². The molecule has 0 saturated heterocycles. The summed E-state index contributed by atoms with van der Waals surface area (Å²) in [6, 6.07) is 11.5. The summed E-state index contributed by atoms with van der Waals surface area (Å²) in [7, 11) is 0. The van der Waals surface area contributed by atoms with Crippen molar-refractivity contribution in [3.05, 3.63) is 70.4 Å². The molecule has 4 heteroatoms. The largest absolute Gasteiger partial charge is 0.272 e. The Hall–Kier alpha value is -2.49. The lowest BCUT2D eigenvalue weighted by atomic mass is 9.95. The molecule has 0 saturated carbocycles. The number of nitrogens with one attached hydrogen (secondary N) is 1. The molecule has 0 aliphatic carbocycles. The molecule has 4 nitrogen and oxygen atoms in total. The van der Waals surface area contributed by atoms with Gasteiger partial charge in [-0.15, -0.1) is 0 Å². The van der Waals surface area contributed by atoms with Gasteiger partial charge in [-0.25, -0.2) is 5.10 Å². The Morgan fingerprint density at radius 1 is 1.05 bits per heavy atom.